The molecule has 2 aliphatic heterocycles. The molecule has 7 heteroatoms. The highest BCUT2D eigenvalue weighted by Gasteiger charge is 2.43. The van der Waals surface area contributed by atoms with E-state index < -0.39 is 0 Å². The average molecular weight is 466 g/mol. The number of carbonyl (C=O) groups is 2. The molecule has 1 amide bonds. The Morgan fingerprint density at radius 1 is 1.21 bits per heavy atom. The maximum Gasteiger partial charge on any atom is 0.338 e. The highest BCUT2D eigenvalue weighted by atomic mass is 32.2. The monoisotopic (exact) mass is 465 g/mol. The van der Waals surface area contributed by atoms with Gasteiger partial charge in [0.1, 0.15) is 0 Å². The van der Waals surface area contributed by atoms with Crippen molar-refractivity contribution < 1.29 is 14.3 Å². The number of esters is 1. The number of fused-ring (bicyclic) bond motifs is 3. The SMILES string of the molecule is CCOC(=O)C1=C(C)N=C2SC=C(CC(=O)NC3CC4CCC3C4)N2C1c1ccccc1C. The van der Waals surface area contributed by atoms with Crippen LogP contribution in [0.1, 0.15) is 63.1 Å². The zero-order chi connectivity index (χ0) is 23.1. The molecule has 33 heavy (non-hydrogen) atoms. The molecule has 2 saturated carbocycles. The molecule has 2 aliphatic carbocycles. The molecule has 1 aromatic rings. The van der Waals surface area contributed by atoms with Gasteiger partial charge in [0.05, 0.1) is 30.3 Å². The van der Waals surface area contributed by atoms with E-state index in [1.165, 1.54) is 31.0 Å². The Balaban J connectivity index is 1.43. The average Bonchev–Trinajstić information content (AvgIpc) is 3.50. The number of aryl methyl sites for hydroxylation is 1. The first-order chi connectivity index (χ1) is 16.0. The lowest BCUT2D eigenvalue weighted by Crippen LogP contribution is -2.41. The van der Waals surface area contributed by atoms with E-state index in [0.717, 1.165) is 34.3 Å². The number of allylic oxidation sites excluding steroid dienone is 1. The number of nitrogens with zero attached hydrogens (tertiary/aromatic N) is 2. The topological polar surface area (TPSA) is 71.0 Å². The number of carbonyl (C=O) groups excluding carboxylic acids is 2. The van der Waals surface area contributed by atoms with Crippen molar-refractivity contribution >= 4 is 28.8 Å². The van der Waals surface area contributed by atoms with Crippen LogP contribution in [0.4, 0.5) is 0 Å². The molecule has 4 unspecified atom stereocenters. The molecular formula is C26H31N3O3S. The molecule has 0 saturated heterocycles. The first-order valence-corrected chi connectivity index (χ1v) is 12.8. The van der Waals surface area contributed by atoms with Crippen molar-refractivity contribution in [3.8, 4) is 0 Å². The number of aliphatic imine (C=N–C) groups is 1. The summed E-state index contributed by atoms with van der Waals surface area (Å²) in [4.78, 5) is 32.9. The number of benzene rings is 1. The van der Waals surface area contributed by atoms with E-state index >= 15 is 0 Å². The number of amides is 1. The van der Waals surface area contributed by atoms with Gasteiger partial charge in [0.2, 0.25) is 5.91 Å². The number of ether oxygens (including phenoxy) is 1. The van der Waals surface area contributed by atoms with Crippen LogP contribution < -0.4 is 5.32 Å². The molecule has 1 N–H and O–H groups in total. The molecule has 4 atom stereocenters. The third-order valence-electron chi connectivity index (χ3n) is 7.41. The summed E-state index contributed by atoms with van der Waals surface area (Å²) in [6.07, 6.45) is 5.19. The standard InChI is InChI=1S/C26H31N3O3S/c1-4-32-25(31)23-16(3)27-26-29(24(23)20-8-6-5-7-15(20)2)19(14-33-26)13-22(30)28-21-12-17-9-10-18(21)11-17/h5-8,14,17-18,21,24H,4,9-13H2,1-3H3,(H,28,30). The van der Waals surface area contributed by atoms with Crippen LogP contribution in [0, 0.1) is 18.8 Å². The van der Waals surface area contributed by atoms with Gasteiger partial charge in [-0.3, -0.25) is 4.79 Å². The Labute approximate surface area is 199 Å². The summed E-state index contributed by atoms with van der Waals surface area (Å²) in [6, 6.07) is 8.02. The second-order valence-corrected chi connectivity index (χ2v) is 10.3. The smallest absolute Gasteiger partial charge is 0.338 e. The lowest BCUT2D eigenvalue weighted by atomic mass is 9.91. The Bertz CT molecular complexity index is 1080. The summed E-state index contributed by atoms with van der Waals surface area (Å²) in [6.45, 7) is 6.02. The molecule has 4 aliphatic rings. The zero-order valence-corrected chi connectivity index (χ0v) is 20.3. The molecule has 1 aromatic carbocycles. The fourth-order valence-corrected chi connectivity index (χ4v) is 6.84. The number of nitrogens with one attached hydrogen (secondary N) is 1. The van der Waals surface area contributed by atoms with E-state index in [-0.39, 0.29) is 24.3 Å². The quantitative estimate of drug-likeness (QED) is 0.610. The van der Waals surface area contributed by atoms with Crippen molar-refractivity contribution in [3.05, 3.63) is 57.8 Å². The van der Waals surface area contributed by atoms with Gasteiger partial charge in [0.15, 0.2) is 5.17 Å². The Kier molecular flexibility index (Phi) is 6.08. The van der Waals surface area contributed by atoms with E-state index in [9.17, 15) is 9.59 Å². The van der Waals surface area contributed by atoms with Crippen LogP contribution in [0.5, 0.6) is 0 Å². The Hall–Kier alpha value is -2.54. The van der Waals surface area contributed by atoms with Crippen LogP contribution >= 0.6 is 11.8 Å². The lowest BCUT2D eigenvalue weighted by Gasteiger charge is -2.37. The van der Waals surface area contributed by atoms with Gasteiger partial charge in [0, 0.05) is 11.7 Å². The van der Waals surface area contributed by atoms with Crippen LogP contribution in [0.3, 0.4) is 0 Å². The largest absolute Gasteiger partial charge is 0.463 e. The van der Waals surface area contributed by atoms with Gasteiger partial charge in [-0.15, -0.1) is 0 Å². The number of amidine groups is 1. The van der Waals surface area contributed by atoms with Crippen LogP contribution in [-0.4, -0.2) is 34.6 Å². The maximum absolute atomic E-state index is 13.1. The van der Waals surface area contributed by atoms with Crippen molar-refractivity contribution in [1.29, 1.82) is 0 Å². The van der Waals surface area contributed by atoms with Crippen molar-refractivity contribution in [2.45, 2.75) is 65.0 Å². The number of hydrogen-bond donors (Lipinski definition) is 1. The molecule has 174 valence electrons. The van der Waals surface area contributed by atoms with Gasteiger partial charge < -0.3 is 15.0 Å². The molecule has 6 nitrogen and oxygen atoms in total. The van der Waals surface area contributed by atoms with Crippen LogP contribution in [0.25, 0.3) is 0 Å². The number of rotatable bonds is 6. The normalized spacial score (nSPS) is 27.9. The van der Waals surface area contributed by atoms with Crippen molar-refractivity contribution in [2.75, 3.05) is 6.61 Å². The molecule has 5 rings (SSSR count). The van der Waals surface area contributed by atoms with Gasteiger partial charge in [-0.1, -0.05) is 42.4 Å². The second-order valence-electron chi connectivity index (χ2n) is 9.50. The maximum atomic E-state index is 13.1. The van der Waals surface area contributed by atoms with Crippen LogP contribution in [0.2, 0.25) is 0 Å². The second kappa shape index (κ2) is 9.01. The predicted molar refractivity (Wildman–Crippen MR) is 130 cm³/mol. The molecule has 0 aromatic heterocycles. The van der Waals surface area contributed by atoms with Crippen molar-refractivity contribution in [1.82, 2.24) is 10.2 Å². The number of hydrogen-bond acceptors (Lipinski definition) is 6. The minimum Gasteiger partial charge on any atom is -0.463 e. The predicted octanol–water partition coefficient (Wildman–Crippen LogP) is 4.83. The number of thioether (sulfide) groups is 1. The highest BCUT2D eigenvalue weighted by molar-refractivity contribution is 8.16. The summed E-state index contributed by atoms with van der Waals surface area (Å²) in [7, 11) is 0. The molecule has 0 spiro atoms. The van der Waals surface area contributed by atoms with Gasteiger partial charge in [0.25, 0.3) is 0 Å². The Morgan fingerprint density at radius 3 is 2.73 bits per heavy atom. The van der Waals surface area contributed by atoms with Gasteiger partial charge in [-0.2, -0.15) is 0 Å². The van der Waals surface area contributed by atoms with Gasteiger partial charge in [-0.05, 0) is 68.4 Å². The van der Waals surface area contributed by atoms with E-state index in [0.29, 0.717) is 29.8 Å². The molecule has 0 radical (unpaired) electrons. The first kappa shape index (κ1) is 22.3. The molecule has 2 fully saturated rings. The third-order valence-corrected chi connectivity index (χ3v) is 8.29. The molecule has 2 bridgehead atoms. The highest BCUT2D eigenvalue weighted by Crippen LogP contribution is 2.46. The summed E-state index contributed by atoms with van der Waals surface area (Å²) < 4.78 is 5.43. The molecule has 2 heterocycles. The van der Waals surface area contributed by atoms with Crippen molar-refractivity contribution in [2.24, 2.45) is 16.8 Å². The third kappa shape index (κ3) is 4.12. The summed E-state index contributed by atoms with van der Waals surface area (Å²) >= 11 is 1.51. The lowest BCUT2D eigenvalue weighted by molar-refractivity contribution is -0.139. The zero-order valence-electron chi connectivity index (χ0n) is 19.5. The van der Waals surface area contributed by atoms with Crippen LogP contribution in [0.15, 0.2) is 51.6 Å². The first-order valence-electron chi connectivity index (χ1n) is 11.9. The van der Waals surface area contributed by atoms with Crippen molar-refractivity contribution in [3.63, 3.8) is 0 Å². The van der Waals surface area contributed by atoms with E-state index in [2.05, 4.69) is 10.2 Å². The minimum atomic E-state index is -0.366. The van der Waals surface area contributed by atoms with E-state index in [4.69, 9.17) is 9.73 Å². The molecular weight excluding hydrogens is 434 g/mol. The van der Waals surface area contributed by atoms with Gasteiger partial charge >= 0.3 is 5.97 Å². The Morgan fingerprint density at radius 2 is 2.03 bits per heavy atom. The summed E-state index contributed by atoms with van der Waals surface area (Å²) in [5.74, 6) is 1.12. The van der Waals surface area contributed by atoms with E-state index in [1.54, 1.807) is 0 Å². The van der Waals surface area contributed by atoms with E-state index in [1.807, 2.05) is 50.4 Å². The fourth-order valence-electron chi connectivity index (χ4n) is 5.87. The minimum absolute atomic E-state index is 0.0492. The van der Waals surface area contributed by atoms with Gasteiger partial charge in [-0.25, -0.2) is 9.79 Å². The summed E-state index contributed by atoms with van der Waals surface area (Å²) in [5.41, 5.74) is 4.19. The summed E-state index contributed by atoms with van der Waals surface area (Å²) in [5, 5.41) is 6.11. The fraction of sp³-hybridized carbons (Fsp3) is 0.500. The van der Waals surface area contributed by atoms with Crippen LogP contribution in [-0.2, 0) is 14.3 Å².